The van der Waals surface area contributed by atoms with E-state index in [4.69, 9.17) is 4.74 Å². The Morgan fingerprint density at radius 3 is 2.56 bits per heavy atom. The minimum Gasteiger partial charge on any atom is -0.490 e. The van der Waals surface area contributed by atoms with Crippen molar-refractivity contribution < 1.29 is 14.5 Å². The molecule has 1 aromatic heterocycles. The molecule has 0 N–H and O–H groups in total. The zero-order valence-corrected chi connectivity index (χ0v) is 17.8. The minimum atomic E-state index is -0.480. The van der Waals surface area contributed by atoms with Gasteiger partial charge in [-0.05, 0) is 49.6 Å². The Bertz CT molecular complexity index is 1150. The Morgan fingerprint density at radius 2 is 1.88 bits per heavy atom. The van der Waals surface area contributed by atoms with E-state index in [0.717, 1.165) is 38.0 Å². The fraction of sp³-hybridized carbons (Fsp3) is 0.250. The summed E-state index contributed by atoms with van der Waals surface area (Å²) in [5, 5.41) is 16.2. The Labute approximate surface area is 185 Å². The number of nitro groups is 1. The van der Waals surface area contributed by atoms with Crippen LogP contribution < -0.4 is 4.74 Å². The molecule has 32 heavy (non-hydrogen) atoms. The molecular weight excluding hydrogens is 408 g/mol. The second-order valence-electron chi connectivity index (χ2n) is 7.58. The molecule has 2 aromatic carbocycles. The van der Waals surface area contributed by atoms with Gasteiger partial charge in [0, 0.05) is 42.6 Å². The maximum Gasteiger partial charge on any atom is 0.311 e. The average molecular weight is 432 g/mol. The van der Waals surface area contributed by atoms with Crippen LogP contribution in [0.2, 0.25) is 0 Å². The van der Waals surface area contributed by atoms with Gasteiger partial charge < -0.3 is 9.64 Å². The Kier molecular flexibility index (Phi) is 6.30. The van der Waals surface area contributed by atoms with Crippen molar-refractivity contribution in [3.05, 3.63) is 76.5 Å². The number of para-hydroxylation sites is 1. The van der Waals surface area contributed by atoms with Crippen molar-refractivity contribution in [3.8, 4) is 22.7 Å². The molecule has 1 saturated heterocycles. The zero-order chi connectivity index (χ0) is 22.5. The molecule has 8 nitrogen and oxygen atoms in total. The number of amides is 1. The molecule has 0 saturated carbocycles. The van der Waals surface area contributed by atoms with Crippen LogP contribution in [0.3, 0.4) is 0 Å². The number of carbonyl (C=O) groups is 1. The number of methoxy groups -OCH3 is 1. The second-order valence-corrected chi connectivity index (χ2v) is 7.58. The van der Waals surface area contributed by atoms with Crippen LogP contribution in [0.15, 0.2) is 60.8 Å². The van der Waals surface area contributed by atoms with Gasteiger partial charge in [0.2, 0.25) is 5.91 Å². The molecule has 0 radical (unpaired) electrons. The first-order chi connectivity index (χ1) is 15.6. The highest BCUT2D eigenvalue weighted by Gasteiger charge is 2.20. The van der Waals surface area contributed by atoms with Crippen LogP contribution in [0, 0.1) is 10.1 Å². The smallest absolute Gasteiger partial charge is 0.311 e. The van der Waals surface area contributed by atoms with Gasteiger partial charge in [-0.1, -0.05) is 18.2 Å². The molecule has 0 aliphatic carbocycles. The molecule has 0 spiro atoms. The van der Waals surface area contributed by atoms with E-state index >= 15 is 0 Å². The summed E-state index contributed by atoms with van der Waals surface area (Å²) in [4.78, 5) is 25.5. The van der Waals surface area contributed by atoms with Crippen LogP contribution in [-0.4, -0.2) is 45.7 Å². The van der Waals surface area contributed by atoms with Gasteiger partial charge in [-0.2, -0.15) is 5.10 Å². The third-order valence-electron chi connectivity index (χ3n) is 5.49. The van der Waals surface area contributed by atoms with Gasteiger partial charge in [-0.25, -0.2) is 4.68 Å². The van der Waals surface area contributed by atoms with Crippen LogP contribution in [0.1, 0.15) is 24.8 Å². The van der Waals surface area contributed by atoms with E-state index < -0.39 is 4.92 Å². The summed E-state index contributed by atoms with van der Waals surface area (Å²) < 4.78 is 6.82. The summed E-state index contributed by atoms with van der Waals surface area (Å²) in [5.41, 5.74) is 2.51. The lowest BCUT2D eigenvalue weighted by molar-refractivity contribution is -0.385. The maximum atomic E-state index is 12.6. The number of nitrogens with zero attached hydrogens (tertiary/aromatic N) is 4. The summed E-state index contributed by atoms with van der Waals surface area (Å²) in [6.07, 6.45) is 8.30. The monoisotopic (exact) mass is 432 g/mol. The van der Waals surface area contributed by atoms with E-state index in [1.165, 1.54) is 13.2 Å². The number of ether oxygens (including phenoxy) is 1. The molecular formula is C24H24N4O4. The van der Waals surface area contributed by atoms with Gasteiger partial charge in [0.15, 0.2) is 5.75 Å². The first-order valence-corrected chi connectivity index (χ1v) is 10.5. The summed E-state index contributed by atoms with van der Waals surface area (Å²) in [6.45, 7) is 1.54. The lowest BCUT2D eigenvalue weighted by Gasteiger charge is -2.25. The van der Waals surface area contributed by atoms with Crippen molar-refractivity contribution in [2.75, 3.05) is 20.2 Å². The van der Waals surface area contributed by atoms with Crippen molar-refractivity contribution in [2.24, 2.45) is 0 Å². The molecule has 3 aromatic rings. The highest BCUT2D eigenvalue weighted by atomic mass is 16.6. The van der Waals surface area contributed by atoms with Crippen molar-refractivity contribution in [2.45, 2.75) is 19.3 Å². The quantitative estimate of drug-likeness (QED) is 0.325. The SMILES string of the molecule is COc1ccc(-c2nn(-c3ccccc3)cc2/C=C\C(=O)N2CCCCC2)cc1[N+](=O)[O-]. The summed E-state index contributed by atoms with van der Waals surface area (Å²) in [5.74, 6) is 0.141. The lowest BCUT2D eigenvalue weighted by atomic mass is 10.1. The number of benzene rings is 2. The largest absolute Gasteiger partial charge is 0.490 e. The number of nitro benzene ring substituents is 1. The number of hydrogen-bond donors (Lipinski definition) is 0. The predicted octanol–water partition coefficient (Wildman–Crippen LogP) is 4.48. The van der Waals surface area contributed by atoms with Crippen molar-refractivity contribution in [1.29, 1.82) is 0 Å². The number of hydrogen-bond acceptors (Lipinski definition) is 5. The van der Waals surface area contributed by atoms with Crippen molar-refractivity contribution >= 4 is 17.7 Å². The third kappa shape index (κ3) is 4.54. The van der Waals surface area contributed by atoms with Gasteiger partial charge in [0.1, 0.15) is 5.69 Å². The standard InChI is InChI=1S/C24H24N4O4/c1-32-22-12-10-18(16-21(22)28(30)31)24-19(11-13-23(29)26-14-6-3-7-15-26)17-27(25-24)20-8-4-2-5-9-20/h2,4-5,8-13,16-17H,3,6-7,14-15H2,1H3/b13-11-. The first-order valence-electron chi connectivity index (χ1n) is 10.5. The molecule has 1 fully saturated rings. The van der Waals surface area contributed by atoms with Crippen LogP contribution in [-0.2, 0) is 4.79 Å². The zero-order valence-electron chi connectivity index (χ0n) is 17.8. The highest BCUT2D eigenvalue weighted by Crippen LogP contribution is 2.33. The Morgan fingerprint density at radius 1 is 1.12 bits per heavy atom. The molecule has 0 atom stereocenters. The minimum absolute atomic E-state index is 0.0381. The molecule has 1 aliphatic heterocycles. The molecule has 1 aliphatic rings. The predicted molar refractivity (Wildman–Crippen MR) is 122 cm³/mol. The second kappa shape index (κ2) is 9.47. The molecule has 0 unspecified atom stereocenters. The van der Waals surface area contributed by atoms with E-state index in [2.05, 4.69) is 5.10 Å². The van der Waals surface area contributed by atoms with Gasteiger partial charge in [-0.3, -0.25) is 14.9 Å². The summed E-state index contributed by atoms with van der Waals surface area (Å²) >= 11 is 0. The normalized spacial score (nSPS) is 14.0. The van der Waals surface area contributed by atoms with Crippen LogP contribution in [0.25, 0.3) is 23.0 Å². The Hall–Kier alpha value is -3.94. The van der Waals surface area contributed by atoms with E-state index in [1.807, 2.05) is 41.4 Å². The van der Waals surface area contributed by atoms with Crippen LogP contribution in [0.5, 0.6) is 5.75 Å². The van der Waals surface area contributed by atoms with Crippen molar-refractivity contribution in [1.82, 2.24) is 14.7 Å². The average Bonchev–Trinajstić information content (AvgIpc) is 3.27. The van der Waals surface area contributed by atoms with E-state index in [9.17, 15) is 14.9 Å². The van der Waals surface area contributed by atoms with Gasteiger partial charge >= 0.3 is 5.69 Å². The first kappa shape index (κ1) is 21.3. The van der Waals surface area contributed by atoms with Gasteiger partial charge in [0.05, 0.1) is 17.7 Å². The van der Waals surface area contributed by atoms with Crippen LogP contribution >= 0.6 is 0 Å². The fourth-order valence-electron chi connectivity index (χ4n) is 3.81. The molecule has 164 valence electrons. The summed E-state index contributed by atoms with van der Waals surface area (Å²) in [6, 6.07) is 14.3. The topological polar surface area (TPSA) is 90.5 Å². The molecule has 0 bridgehead atoms. The maximum absolute atomic E-state index is 12.6. The number of piperidine rings is 1. The number of aromatic nitrogens is 2. The molecule has 2 heterocycles. The molecule has 4 rings (SSSR count). The molecule has 8 heteroatoms. The number of carbonyl (C=O) groups excluding carboxylic acids is 1. The highest BCUT2D eigenvalue weighted by molar-refractivity contribution is 5.93. The van der Waals surface area contributed by atoms with Gasteiger partial charge in [0.25, 0.3) is 0 Å². The van der Waals surface area contributed by atoms with Crippen molar-refractivity contribution in [3.63, 3.8) is 0 Å². The number of rotatable bonds is 6. The molecule has 1 amide bonds. The lowest BCUT2D eigenvalue weighted by Crippen LogP contribution is -2.34. The van der Waals surface area contributed by atoms with E-state index in [0.29, 0.717) is 16.8 Å². The Balaban J connectivity index is 1.74. The van der Waals surface area contributed by atoms with Gasteiger partial charge in [-0.15, -0.1) is 0 Å². The van der Waals surface area contributed by atoms with Crippen LogP contribution in [0.4, 0.5) is 5.69 Å². The fourth-order valence-corrected chi connectivity index (χ4v) is 3.81. The van der Waals surface area contributed by atoms with E-state index in [-0.39, 0.29) is 17.3 Å². The summed E-state index contributed by atoms with van der Waals surface area (Å²) in [7, 11) is 1.40. The number of likely N-dealkylation sites (tertiary alicyclic amines) is 1. The van der Waals surface area contributed by atoms with E-state index in [1.54, 1.807) is 29.0 Å². The third-order valence-corrected chi connectivity index (χ3v) is 5.49.